The molecule has 3 aliphatic rings. The zero-order valence-electron chi connectivity index (χ0n) is 13.4. The molecule has 1 spiro atoms. The van der Waals surface area contributed by atoms with E-state index in [1.54, 1.807) is 0 Å². The SMILES string of the molecule is O=C1NC2(CO1)CN(C(=O)O)C2C1(Oc2c(F)cc(F)cc2F)CCC1. The molecule has 1 aromatic rings. The first-order chi connectivity index (χ1) is 12.3. The lowest BCUT2D eigenvalue weighted by Crippen LogP contribution is -2.84. The number of hydrogen-bond acceptors (Lipinski definition) is 4. The van der Waals surface area contributed by atoms with Crippen LogP contribution in [0.25, 0.3) is 0 Å². The van der Waals surface area contributed by atoms with E-state index in [9.17, 15) is 27.9 Å². The molecule has 2 atom stereocenters. The van der Waals surface area contributed by atoms with Crippen molar-refractivity contribution in [2.45, 2.75) is 36.4 Å². The predicted octanol–water partition coefficient (Wildman–Crippen LogP) is 2.25. The highest BCUT2D eigenvalue weighted by molar-refractivity contribution is 5.75. The molecule has 1 aliphatic carbocycles. The Labute approximate surface area is 145 Å². The van der Waals surface area contributed by atoms with E-state index in [1.807, 2.05) is 0 Å². The minimum Gasteiger partial charge on any atom is -0.479 e. The molecule has 26 heavy (non-hydrogen) atoms. The zero-order chi connectivity index (χ0) is 18.7. The second kappa shape index (κ2) is 5.42. The van der Waals surface area contributed by atoms with Gasteiger partial charge in [0.25, 0.3) is 0 Å². The van der Waals surface area contributed by atoms with Gasteiger partial charge in [0.05, 0.1) is 6.54 Å². The summed E-state index contributed by atoms with van der Waals surface area (Å²) in [6.07, 6.45) is -0.616. The first kappa shape index (κ1) is 16.8. The fraction of sp³-hybridized carbons (Fsp3) is 0.500. The lowest BCUT2D eigenvalue weighted by atomic mass is 9.63. The lowest BCUT2D eigenvalue weighted by molar-refractivity contribution is -0.156. The Hall–Kier alpha value is -2.65. The van der Waals surface area contributed by atoms with Crippen LogP contribution in [0.1, 0.15) is 19.3 Å². The number of alkyl carbamates (subject to hydrolysis) is 1. The summed E-state index contributed by atoms with van der Waals surface area (Å²) in [7, 11) is 0. The number of likely N-dealkylation sites (tertiary alicyclic amines) is 1. The number of carboxylic acid groups (broad SMARTS) is 1. The number of ether oxygens (including phenoxy) is 2. The van der Waals surface area contributed by atoms with E-state index in [0.717, 1.165) is 4.90 Å². The van der Waals surface area contributed by atoms with Crippen LogP contribution in [-0.4, -0.2) is 52.5 Å². The summed E-state index contributed by atoms with van der Waals surface area (Å²) in [4.78, 5) is 24.1. The van der Waals surface area contributed by atoms with E-state index in [4.69, 9.17) is 9.47 Å². The number of rotatable bonds is 3. The lowest BCUT2D eigenvalue weighted by Gasteiger charge is -2.62. The van der Waals surface area contributed by atoms with Crippen LogP contribution in [-0.2, 0) is 4.74 Å². The van der Waals surface area contributed by atoms with E-state index < -0.39 is 52.6 Å². The topological polar surface area (TPSA) is 88.1 Å². The summed E-state index contributed by atoms with van der Waals surface area (Å²) in [6, 6.07) is 0.115. The van der Waals surface area contributed by atoms with Gasteiger partial charge in [-0.1, -0.05) is 0 Å². The van der Waals surface area contributed by atoms with E-state index in [0.29, 0.717) is 31.4 Å². The smallest absolute Gasteiger partial charge is 0.407 e. The Morgan fingerprint density at radius 3 is 2.42 bits per heavy atom. The van der Waals surface area contributed by atoms with E-state index >= 15 is 0 Å². The molecule has 1 aromatic carbocycles. The fourth-order valence-corrected chi connectivity index (χ4v) is 4.12. The van der Waals surface area contributed by atoms with Crippen LogP contribution in [0.4, 0.5) is 22.8 Å². The first-order valence-corrected chi connectivity index (χ1v) is 8.04. The van der Waals surface area contributed by atoms with Crippen LogP contribution < -0.4 is 10.1 Å². The molecule has 0 radical (unpaired) electrons. The van der Waals surface area contributed by atoms with Crippen LogP contribution in [0, 0.1) is 17.5 Å². The van der Waals surface area contributed by atoms with Crippen LogP contribution in [0.3, 0.4) is 0 Å². The van der Waals surface area contributed by atoms with Gasteiger partial charge in [-0.3, -0.25) is 4.90 Å². The third-order valence-corrected chi connectivity index (χ3v) is 5.31. The van der Waals surface area contributed by atoms with Gasteiger partial charge < -0.3 is 19.9 Å². The number of carbonyl (C=O) groups is 2. The van der Waals surface area contributed by atoms with Crippen molar-refractivity contribution in [3.8, 4) is 5.75 Å². The summed E-state index contributed by atoms with van der Waals surface area (Å²) in [6.45, 7) is -0.0853. The number of hydrogen-bond donors (Lipinski definition) is 2. The van der Waals surface area contributed by atoms with Crippen molar-refractivity contribution in [1.82, 2.24) is 10.2 Å². The molecule has 1 saturated carbocycles. The largest absolute Gasteiger partial charge is 0.479 e. The van der Waals surface area contributed by atoms with E-state index in [2.05, 4.69) is 5.32 Å². The number of nitrogens with one attached hydrogen (secondary N) is 1. The third-order valence-electron chi connectivity index (χ3n) is 5.31. The molecular weight excluding hydrogens is 357 g/mol. The average molecular weight is 372 g/mol. The number of halogens is 3. The number of benzene rings is 1. The molecule has 2 aliphatic heterocycles. The van der Waals surface area contributed by atoms with Crippen molar-refractivity contribution in [3.05, 3.63) is 29.6 Å². The fourth-order valence-electron chi connectivity index (χ4n) is 4.12. The highest BCUT2D eigenvalue weighted by atomic mass is 19.1. The molecule has 2 heterocycles. The summed E-state index contributed by atoms with van der Waals surface area (Å²) < 4.78 is 51.8. The van der Waals surface area contributed by atoms with Gasteiger partial charge in [0.2, 0.25) is 0 Å². The maximum absolute atomic E-state index is 14.0. The highest BCUT2D eigenvalue weighted by Gasteiger charge is 2.69. The highest BCUT2D eigenvalue weighted by Crippen LogP contribution is 2.50. The Morgan fingerprint density at radius 2 is 1.96 bits per heavy atom. The predicted molar refractivity (Wildman–Crippen MR) is 79.3 cm³/mol. The van der Waals surface area contributed by atoms with Crippen molar-refractivity contribution in [3.63, 3.8) is 0 Å². The van der Waals surface area contributed by atoms with Gasteiger partial charge in [0.15, 0.2) is 17.4 Å². The van der Waals surface area contributed by atoms with Gasteiger partial charge in [-0.15, -0.1) is 0 Å². The average Bonchev–Trinajstić information content (AvgIpc) is 2.89. The third kappa shape index (κ3) is 2.27. The Balaban J connectivity index is 1.70. The maximum Gasteiger partial charge on any atom is 0.407 e. The van der Waals surface area contributed by atoms with Gasteiger partial charge in [0.1, 0.15) is 29.6 Å². The standard InChI is InChI=1S/C16H15F3N2O5/c17-8-4-9(18)11(10(19)5-8)26-16(2-1-3-16)12-15(6-21(12)14(23)24)7-25-13(22)20-15/h4-5,12H,1-3,6-7H2,(H,20,22)(H,23,24). The van der Waals surface area contributed by atoms with Crippen molar-refractivity contribution in [2.75, 3.05) is 13.2 Å². The van der Waals surface area contributed by atoms with Gasteiger partial charge in [-0.05, 0) is 19.3 Å². The molecule has 7 nitrogen and oxygen atoms in total. The molecule has 0 bridgehead atoms. The number of amides is 2. The summed E-state index contributed by atoms with van der Waals surface area (Å²) in [5.74, 6) is -4.27. The molecule has 3 fully saturated rings. The zero-order valence-corrected chi connectivity index (χ0v) is 13.4. The van der Waals surface area contributed by atoms with E-state index in [-0.39, 0.29) is 13.2 Å². The molecule has 140 valence electrons. The van der Waals surface area contributed by atoms with Crippen LogP contribution >= 0.6 is 0 Å². The monoisotopic (exact) mass is 372 g/mol. The van der Waals surface area contributed by atoms with Crippen molar-refractivity contribution in [2.24, 2.45) is 0 Å². The Morgan fingerprint density at radius 1 is 1.31 bits per heavy atom. The van der Waals surface area contributed by atoms with Gasteiger partial charge in [-0.2, -0.15) is 0 Å². The van der Waals surface area contributed by atoms with Crippen molar-refractivity contribution < 1.29 is 37.3 Å². The molecule has 4 rings (SSSR count). The van der Waals surface area contributed by atoms with Gasteiger partial charge >= 0.3 is 12.2 Å². The Kier molecular flexibility index (Phi) is 3.50. The normalized spacial score (nSPS) is 28.8. The van der Waals surface area contributed by atoms with Gasteiger partial charge in [-0.25, -0.2) is 22.8 Å². The first-order valence-electron chi connectivity index (χ1n) is 8.04. The minimum absolute atomic E-state index is 0.0156. The molecule has 2 amide bonds. The molecular formula is C16H15F3N2O5. The molecule has 10 heteroatoms. The summed E-state index contributed by atoms with van der Waals surface area (Å²) in [5, 5.41) is 12.0. The molecule has 2 N–H and O–H groups in total. The summed E-state index contributed by atoms with van der Waals surface area (Å²) >= 11 is 0. The quantitative estimate of drug-likeness (QED) is 0.850. The second-order valence-electron chi connectivity index (χ2n) is 6.89. The van der Waals surface area contributed by atoms with Crippen molar-refractivity contribution in [1.29, 1.82) is 0 Å². The van der Waals surface area contributed by atoms with Crippen LogP contribution in [0.2, 0.25) is 0 Å². The van der Waals surface area contributed by atoms with Gasteiger partial charge in [0, 0.05) is 12.1 Å². The minimum atomic E-state index is -1.24. The summed E-state index contributed by atoms with van der Waals surface area (Å²) in [5.41, 5.74) is -2.25. The Bertz CT molecular complexity index is 777. The van der Waals surface area contributed by atoms with Crippen LogP contribution in [0.15, 0.2) is 12.1 Å². The number of carbonyl (C=O) groups excluding carboxylic acids is 1. The number of cyclic esters (lactones) is 1. The molecule has 2 saturated heterocycles. The van der Waals surface area contributed by atoms with Crippen molar-refractivity contribution >= 4 is 12.2 Å². The second-order valence-corrected chi connectivity index (χ2v) is 6.89. The van der Waals surface area contributed by atoms with E-state index in [1.165, 1.54) is 0 Å². The molecule has 0 aromatic heterocycles. The maximum atomic E-state index is 14.0. The van der Waals surface area contributed by atoms with Crippen LogP contribution in [0.5, 0.6) is 5.75 Å². The molecule has 2 unspecified atom stereocenters. The number of nitrogens with zero attached hydrogens (tertiary/aromatic N) is 1.